The van der Waals surface area contributed by atoms with Gasteiger partial charge in [0.2, 0.25) is 0 Å². The maximum absolute atomic E-state index is 9.27. The van der Waals surface area contributed by atoms with E-state index in [0.29, 0.717) is 23.2 Å². The summed E-state index contributed by atoms with van der Waals surface area (Å²) in [7, 11) is 1.70. The molecule has 1 atom stereocenters. The molecule has 1 aromatic rings. The first kappa shape index (κ1) is 14.2. The van der Waals surface area contributed by atoms with Crippen molar-refractivity contribution >= 4 is 17.3 Å². The summed E-state index contributed by atoms with van der Waals surface area (Å²) >= 11 is 6.08. The highest BCUT2D eigenvalue weighted by molar-refractivity contribution is 6.30. The van der Waals surface area contributed by atoms with E-state index in [1.165, 1.54) is 12.8 Å². The van der Waals surface area contributed by atoms with Crippen LogP contribution < -0.4 is 4.90 Å². The van der Waals surface area contributed by atoms with Crippen molar-refractivity contribution in [2.75, 3.05) is 25.2 Å². The van der Waals surface area contributed by atoms with Crippen molar-refractivity contribution in [2.45, 2.75) is 25.8 Å². The lowest BCUT2D eigenvalue weighted by Crippen LogP contribution is -2.37. The molecule has 1 unspecified atom stereocenters. The summed E-state index contributed by atoms with van der Waals surface area (Å²) in [6.45, 7) is 3.65. The van der Waals surface area contributed by atoms with Gasteiger partial charge in [-0.25, -0.2) is 0 Å². The molecule has 1 fully saturated rings. The molecule has 0 spiro atoms. The zero-order chi connectivity index (χ0) is 13.8. The molecule has 0 aliphatic heterocycles. The first-order valence-electron chi connectivity index (χ1n) is 6.62. The van der Waals surface area contributed by atoms with Crippen molar-refractivity contribution < 1.29 is 4.74 Å². The average molecular weight is 279 g/mol. The fourth-order valence-electron chi connectivity index (χ4n) is 2.40. The van der Waals surface area contributed by atoms with E-state index < -0.39 is 0 Å². The Morgan fingerprint density at radius 2 is 2.26 bits per heavy atom. The van der Waals surface area contributed by atoms with Gasteiger partial charge in [0.05, 0.1) is 17.9 Å². The zero-order valence-corrected chi connectivity index (χ0v) is 12.2. The van der Waals surface area contributed by atoms with E-state index in [2.05, 4.69) is 17.9 Å². The van der Waals surface area contributed by atoms with Crippen LogP contribution >= 0.6 is 11.6 Å². The second-order valence-electron chi connectivity index (χ2n) is 5.04. The predicted molar refractivity (Wildman–Crippen MR) is 77.6 cm³/mol. The van der Waals surface area contributed by atoms with E-state index >= 15 is 0 Å². The first-order chi connectivity index (χ1) is 9.17. The van der Waals surface area contributed by atoms with Gasteiger partial charge >= 0.3 is 0 Å². The summed E-state index contributed by atoms with van der Waals surface area (Å²) in [4.78, 5) is 2.26. The Kier molecular flexibility index (Phi) is 4.68. The summed E-state index contributed by atoms with van der Waals surface area (Å²) in [5.74, 6) is 0.724. The highest BCUT2D eigenvalue weighted by Gasteiger charge is 2.32. The number of hydrogen-bond acceptors (Lipinski definition) is 3. The van der Waals surface area contributed by atoms with Crippen LogP contribution in [0.25, 0.3) is 0 Å². The van der Waals surface area contributed by atoms with Crippen molar-refractivity contribution in [1.29, 1.82) is 5.26 Å². The van der Waals surface area contributed by atoms with Crippen molar-refractivity contribution in [3.63, 3.8) is 0 Å². The lowest BCUT2D eigenvalue weighted by molar-refractivity contribution is 0.202. The van der Waals surface area contributed by atoms with Gasteiger partial charge in [-0.2, -0.15) is 5.26 Å². The van der Waals surface area contributed by atoms with Gasteiger partial charge in [0, 0.05) is 24.7 Å². The summed E-state index contributed by atoms with van der Waals surface area (Å²) in [5, 5.41) is 9.93. The third kappa shape index (κ3) is 3.40. The molecule has 0 amide bonds. The molecule has 1 saturated carbocycles. The number of anilines is 1. The third-order valence-corrected chi connectivity index (χ3v) is 3.96. The van der Waals surface area contributed by atoms with Crippen LogP contribution in [0.2, 0.25) is 5.02 Å². The summed E-state index contributed by atoms with van der Waals surface area (Å²) < 4.78 is 5.19. The number of rotatable bonds is 6. The summed E-state index contributed by atoms with van der Waals surface area (Å²) in [6.07, 6.45) is 2.54. The molecule has 1 aromatic carbocycles. The Hall–Kier alpha value is -1.24. The van der Waals surface area contributed by atoms with Gasteiger partial charge in [0.15, 0.2) is 0 Å². The van der Waals surface area contributed by atoms with Crippen LogP contribution in [0.5, 0.6) is 0 Å². The maximum atomic E-state index is 9.27. The molecule has 4 heteroatoms. The van der Waals surface area contributed by atoms with E-state index in [1.807, 2.05) is 6.07 Å². The number of nitriles is 1. The van der Waals surface area contributed by atoms with E-state index in [0.717, 1.165) is 18.2 Å². The second-order valence-corrected chi connectivity index (χ2v) is 5.47. The lowest BCUT2D eigenvalue weighted by Gasteiger charge is -2.32. The van der Waals surface area contributed by atoms with Crippen LogP contribution in [0.15, 0.2) is 18.2 Å². The molecule has 0 bridgehead atoms. The average Bonchev–Trinajstić information content (AvgIpc) is 3.23. The number of benzene rings is 1. The van der Waals surface area contributed by atoms with Gasteiger partial charge in [0.25, 0.3) is 0 Å². The van der Waals surface area contributed by atoms with Gasteiger partial charge in [0.1, 0.15) is 6.07 Å². The van der Waals surface area contributed by atoms with Crippen LogP contribution in [0, 0.1) is 17.2 Å². The summed E-state index contributed by atoms with van der Waals surface area (Å²) in [6, 6.07) is 8.11. The Balaban J connectivity index is 2.30. The minimum atomic E-state index is 0.417. The zero-order valence-electron chi connectivity index (χ0n) is 11.4. The van der Waals surface area contributed by atoms with E-state index in [9.17, 15) is 5.26 Å². The van der Waals surface area contributed by atoms with Gasteiger partial charge in [-0.05, 0) is 43.9 Å². The van der Waals surface area contributed by atoms with Crippen LogP contribution in [-0.2, 0) is 4.74 Å². The van der Waals surface area contributed by atoms with Crippen molar-refractivity contribution in [3.05, 3.63) is 28.8 Å². The molecule has 2 rings (SSSR count). The normalized spacial score (nSPS) is 15.9. The van der Waals surface area contributed by atoms with Crippen LogP contribution in [0.4, 0.5) is 5.69 Å². The molecule has 0 aromatic heterocycles. The molecule has 1 aliphatic rings. The van der Waals surface area contributed by atoms with Crippen LogP contribution in [-0.4, -0.2) is 26.3 Å². The Morgan fingerprint density at radius 3 is 2.84 bits per heavy atom. The van der Waals surface area contributed by atoms with Gasteiger partial charge in [-0.3, -0.25) is 0 Å². The number of halogens is 1. The Labute approximate surface area is 119 Å². The molecule has 0 N–H and O–H groups in total. The molecular weight excluding hydrogens is 260 g/mol. The van der Waals surface area contributed by atoms with Gasteiger partial charge < -0.3 is 9.64 Å². The quantitative estimate of drug-likeness (QED) is 0.799. The highest BCUT2D eigenvalue weighted by Crippen LogP contribution is 2.38. The number of hydrogen-bond donors (Lipinski definition) is 0. The van der Waals surface area contributed by atoms with E-state index in [4.69, 9.17) is 16.3 Å². The Bertz CT molecular complexity index is 480. The summed E-state index contributed by atoms with van der Waals surface area (Å²) in [5.41, 5.74) is 1.60. The smallest absolute Gasteiger partial charge is 0.101 e. The van der Waals surface area contributed by atoms with Crippen molar-refractivity contribution in [3.8, 4) is 6.07 Å². The van der Waals surface area contributed by atoms with Crippen LogP contribution in [0.1, 0.15) is 25.3 Å². The highest BCUT2D eigenvalue weighted by atomic mass is 35.5. The van der Waals surface area contributed by atoms with E-state index in [1.54, 1.807) is 19.2 Å². The monoisotopic (exact) mass is 278 g/mol. The third-order valence-electron chi connectivity index (χ3n) is 3.72. The van der Waals surface area contributed by atoms with Crippen molar-refractivity contribution in [2.24, 2.45) is 5.92 Å². The Morgan fingerprint density at radius 1 is 1.53 bits per heavy atom. The first-order valence-corrected chi connectivity index (χ1v) is 7.00. The minimum Gasteiger partial charge on any atom is -0.383 e. The molecule has 0 saturated heterocycles. The number of methoxy groups -OCH3 is 1. The van der Waals surface area contributed by atoms with Gasteiger partial charge in [-0.15, -0.1) is 0 Å². The predicted octanol–water partition coefficient (Wildman–Crippen LogP) is 3.46. The molecular formula is C15H19ClN2O. The van der Waals surface area contributed by atoms with E-state index in [-0.39, 0.29) is 0 Å². The SMILES string of the molecule is COCCN(c1cc(Cl)ccc1C#N)C(C)C1CC1. The molecule has 19 heavy (non-hydrogen) atoms. The molecule has 0 radical (unpaired) electrons. The lowest BCUT2D eigenvalue weighted by atomic mass is 10.1. The van der Waals surface area contributed by atoms with Crippen molar-refractivity contribution in [1.82, 2.24) is 0 Å². The number of nitrogens with zero attached hydrogens (tertiary/aromatic N) is 2. The maximum Gasteiger partial charge on any atom is 0.101 e. The number of ether oxygens (including phenoxy) is 1. The second kappa shape index (κ2) is 6.27. The minimum absolute atomic E-state index is 0.417. The molecule has 102 valence electrons. The fourth-order valence-corrected chi connectivity index (χ4v) is 2.57. The standard InChI is InChI=1S/C15H19ClN2O/c1-11(12-3-4-12)18(7-8-19-2)15-9-14(16)6-5-13(15)10-17/h5-6,9,11-12H,3-4,7-8H2,1-2H3. The van der Waals surface area contributed by atoms with Gasteiger partial charge in [-0.1, -0.05) is 11.6 Å². The van der Waals surface area contributed by atoms with Crippen LogP contribution in [0.3, 0.4) is 0 Å². The fraction of sp³-hybridized carbons (Fsp3) is 0.533. The molecule has 0 heterocycles. The topological polar surface area (TPSA) is 36.3 Å². The molecule has 3 nitrogen and oxygen atoms in total. The largest absolute Gasteiger partial charge is 0.383 e. The molecule has 1 aliphatic carbocycles.